The van der Waals surface area contributed by atoms with Crippen LogP contribution in [0.2, 0.25) is 0 Å². The third-order valence-corrected chi connectivity index (χ3v) is 5.31. The SMILES string of the molecule is Cc1cccc(C(=O)N[C@@H](Cc2c[nH]c3ccccc23)C(=O)N2CCOCC2)c1. The Morgan fingerprint density at radius 2 is 1.93 bits per heavy atom. The highest BCUT2D eigenvalue weighted by molar-refractivity contribution is 5.98. The summed E-state index contributed by atoms with van der Waals surface area (Å²) in [5, 5.41) is 4.04. The Bertz CT molecular complexity index is 1020. The van der Waals surface area contributed by atoms with E-state index in [0.29, 0.717) is 38.3 Å². The second kappa shape index (κ2) is 8.49. The summed E-state index contributed by atoms with van der Waals surface area (Å²) in [6.45, 7) is 4.08. The number of ether oxygens (including phenoxy) is 1. The number of amides is 2. The molecule has 1 saturated heterocycles. The molecule has 0 spiro atoms. The fourth-order valence-corrected chi connectivity index (χ4v) is 3.75. The number of morpholine rings is 1. The zero-order valence-electron chi connectivity index (χ0n) is 16.5. The smallest absolute Gasteiger partial charge is 0.251 e. The third kappa shape index (κ3) is 4.32. The van der Waals surface area contributed by atoms with E-state index in [4.69, 9.17) is 4.74 Å². The van der Waals surface area contributed by atoms with Gasteiger partial charge in [0.05, 0.1) is 13.2 Å². The second-order valence-corrected chi connectivity index (χ2v) is 7.40. The summed E-state index contributed by atoms with van der Waals surface area (Å²) in [5.74, 6) is -0.306. The predicted molar refractivity (Wildman–Crippen MR) is 112 cm³/mol. The number of aromatic amines is 1. The summed E-state index contributed by atoms with van der Waals surface area (Å²) in [7, 11) is 0. The Morgan fingerprint density at radius 1 is 1.14 bits per heavy atom. The van der Waals surface area contributed by atoms with Gasteiger partial charge in [0.15, 0.2) is 0 Å². The molecular formula is C23H25N3O3. The number of para-hydroxylation sites is 1. The van der Waals surface area contributed by atoms with Crippen molar-refractivity contribution in [3.63, 3.8) is 0 Å². The van der Waals surface area contributed by atoms with Gasteiger partial charge in [0.25, 0.3) is 5.91 Å². The van der Waals surface area contributed by atoms with Gasteiger partial charge in [-0.15, -0.1) is 0 Å². The van der Waals surface area contributed by atoms with Gasteiger partial charge in [-0.25, -0.2) is 0 Å². The van der Waals surface area contributed by atoms with E-state index in [1.807, 2.05) is 55.6 Å². The van der Waals surface area contributed by atoms with Gasteiger partial charge >= 0.3 is 0 Å². The number of benzene rings is 2. The Labute approximate surface area is 169 Å². The highest BCUT2D eigenvalue weighted by Gasteiger charge is 2.28. The maximum Gasteiger partial charge on any atom is 0.251 e. The topological polar surface area (TPSA) is 74.4 Å². The molecule has 0 saturated carbocycles. The van der Waals surface area contributed by atoms with Crippen LogP contribution in [0.3, 0.4) is 0 Å². The summed E-state index contributed by atoms with van der Waals surface area (Å²) in [5.41, 5.74) is 3.59. The normalized spacial score (nSPS) is 15.3. The Hall–Kier alpha value is -3.12. The molecule has 6 heteroatoms. The van der Waals surface area contributed by atoms with Crippen molar-refractivity contribution in [3.05, 3.63) is 71.4 Å². The molecule has 150 valence electrons. The van der Waals surface area contributed by atoms with Crippen LogP contribution >= 0.6 is 0 Å². The van der Waals surface area contributed by atoms with Gasteiger partial charge in [0.1, 0.15) is 6.04 Å². The van der Waals surface area contributed by atoms with Crippen molar-refractivity contribution in [1.29, 1.82) is 0 Å². The first-order chi connectivity index (χ1) is 14.1. The lowest BCUT2D eigenvalue weighted by Gasteiger charge is -2.30. The third-order valence-electron chi connectivity index (χ3n) is 5.31. The number of hydrogen-bond acceptors (Lipinski definition) is 3. The van der Waals surface area contributed by atoms with Crippen LogP contribution in [0, 0.1) is 6.92 Å². The summed E-state index contributed by atoms with van der Waals surface area (Å²) in [6, 6.07) is 14.7. The first-order valence-corrected chi connectivity index (χ1v) is 9.91. The summed E-state index contributed by atoms with van der Waals surface area (Å²) in [4.78, 5) is 31.1. The van der Waals surface area contributed by atoms with Crippen LogP contribution in [0.1, 0.15) is 21.5 Å². The van der Waals surface area contributed by atoms with Gasteiger partial charge in [-0.3, -0.25) is 9.59 Å². The molecule has 3 aromatic rings. The highest BCUT2D eigenvalue weighted by atomic mass is 16.5. The van der Waals surface area contributed by atoms with Crippen LogP contribution in [-0.4, -0.2) is 54.0 Å². The van der Waals surface area contributed by atoms with Crippen molar-refractivity contribution >= 4 is 22.7 Å². The van der Waals surface area contributed by atoms with E-state index in [2.05, 4.69) is 10.3 Å². The lowest BCUT2D eigenvalue weighted by Crippen LogP contribution is -2.52. The number of fused-ring (bicyclic) bond motifs is 1. The van der Waals surface area contributed by atoms with Gasteiger partial charge < -0.3 is 19.9 Å². The highest BCUT2D eigenvalue weighted by Crippen LogP contribution is 2.20. The molecule has 2 amide bonds. The van der Waals surface area contributed by atoms with Crippen molar-refractivity contribution in [2.24, 2.45) is 0 Å². The lowest BCUT2D eigenvalue weighted by molar-refractivity contribution is -0.137. The molecule has 0 unspecified atom stereocenters. The van der Waals surface area contributed by atoms with Crippen molar-refractivity contribution < 1.29 is 14.3 Å². The zero-order chi connectivity index (χ0) is 20.2. The fraction of sp³-hybridized carbons (Fsp3) is 0.304. The van der Waals surface area contributed by atoms with Gasteiger partial charge in [-0.05, 0) is 30.7 Å². The average molecular weight is 391 g/mol. The number of aryl methyl sites for hydroxylation is 1. The van der Waals surface area contributed by atoms with E-state index < -0.39 is 6.04 Å². The number of hydrogen-bond donors (Lipinski definition) is 2. The molecule has 6 nitrogen and oxygen atoms in total. The number of nitrogens with one attached hydrogen (secondary N) is 2. The average Bonchev–Trinajstić information content (AvgIpc) is 3.16. The molecule has 0 bridgehead atoms. The Morgan fingerprint density at radius 3 is 2.72 bits per heavy atom. The maximum atomic E-state index is 13.2. The second-order valence-electron chi connectivity index (χ2n) is 7.40. The maximum absolute atomic E-state index is 13.2. The molecule has 4 rings (SSSR count). The molecule has 1 fully saturated rings. The minimum Gasteiger partial charge on any atom is -0.378 e. The quantitative estimate of drug-likeness (QED) is 0.702. The van der Waals surface area contributed by atoms with Crippen molar-refractivity contribution in [3.8, 4) is 0 Å². The van der Waals surface area contributed by atoms with E-state index in [1.165, 1.54) is 0 Å². The number of rotatable bonds is 5. The fourth-order valence-electron chi connectivity index (χ4n) is 3.75. The molecule has 1 aliphatic rings. The van der Waals surface area contributed by atoms with Gasteiger partial charge in [-0.2, -0.15) is 0 Å². The number of aromatic nitrogens is 1. The van der Waals surface area contributed by atoms with E-state index >= 15 is 0 Å². The van der Waals surface area contributed by atoms with Crippen molar-refractivity contribution in [2.75, 3.05) is 26.3 Å². The van der Waals surface area contributed by atoms with E-state index in [9.17, 15) is 9.59 Å². The van der Waals surface area contributed by atoms with Gasteiger partial charge in [0, 0.05) is 42.2 Å². The molecule has 0 aliphatic carbocycles. The number of carbonyl (C=O) groups excluding carboxylic acids is 2. The molecular weight excluding hydrogens is 366 g/mol. The Kier molecular flexibility index (Phi) is 5.62. The monoisotopic (exact) mass is 391 g/mol. The number of nitrogens with zero attached hydrogens (tertiary/aromatic N) is 1. The van der Waals surface area contributed by atoms with Crippen LogP contribution in [0.25, 0.3) is 10.9 Å². The minimum absolute atomic E-state index is 0.0698. The first-order valence-electron chi connectivity index (χ1n) is 9.91. The van der Waals surface area contributed by atoms with Crippen molar-refractivity contribution in [2.45, 2.75) is 19.4 Å². The van der Waals surface area contributed by atoms with Crippen LogP contribution in [0.5, 0.6) is 0 Å². The lowest BCUT2D eigenvalue weighted by atomic mass is 10.0. The largest absolute Gasteiger partial charge is 0.378 e. The van der Waals surface area contributed by atoms with Crippen molar-refractivity contribution in [1.82, 2.24) is 15.2 Å². The predicted octanol–water partition coefficient (Wildman–Crippen LogP) is 2.68. The summed E-state index contributed by atoms with van der Waals surface area (Å²) < 4.78 is 5.37. The van der Waals surface area contributed by atoms with Crippen LogP contribution in [-0.2, 0) is 16.0 Å². The summed E-state index contributed by atoms with van der Waals surface area (Å²) in [6.07, 6.45) is 2.35. The van der Waals surface area contributed by atoms with Gasteiger partial charge in [-0.1, -0.05) is 35.9 Å². The van der Waals surface area contributed by atoms with Crippen LogP contribution in [0.4, 0.5) is 0 Å². The molecule has 2 aromatic carbocycles. The molecule has 0 radical (unpaired) electrons. The van der Waals surface area contributed by atoms with Crippen LogP contribution < -0.4 is 5.32 Å². The van der Waals surface area contributed by atoms with E-state index in [1.54, 1.807) is 11.0 Å². The Balaban J connectivity index is 1.59. The van der Waals surface area contributed by atoms with Crippen LogP contribution in [0.15, 0.2) is 54.7 Å². The molecule has 1 atom stereocenters. The zero-order valence-corrected chi connectivity index (χ0v) is 16.5. The standard InChI is InChI=1S/C23H25N3O3/c1-16-5-4-6-17(13-16)22(27)25-21(23(28)26-9-11-29-12-10-26)14-18-15-24-20-8-3-2-7-19(18)20/h2-8,13,15,21,24H,9-12,14H2,1H3,(H,25,27)/t21-/m0/s1. The minimum atomic E-state index is -0.639. The van der Waals surface area contributed by atoms with E-state index in [0.717, 1.165) is 22.0 Å². The molecule has 2 N–H and O–H groups in total. The summed E-state index contributed by atoms with van der Waals surface area (Å²) >= 11 is 0. The molecule has 2 heterocycles. The number of H-pyrrole nitrogens is 1. The van der Waals surface area contributed by atoms with Gasteiger partial charge in [0.2, 0.25) is 5.91 Å². The molecule has 1 aliphatic heterocycles. The molecule has 1 aromatic heterocycles. The number of carbonyl (C=O) groups is 2. The molecule has 29 heavy (non-hydrogen) atoms. The van der Waals surface area contributed by atoms with E-state index in [-0.39, 0.29) is 11.8 Å². The first kappa shape index (κ1) is 19.2.